The van der Waals surface area contributed by atoms with Gasteiger partial charge in [0.2, 0.25) is 0 Å². The molecule has 0 aromatic heterocycles. The van der Waals surface area contributed by atoms with E-state index in [1.165, 1.54) is 193 Å². The van der Waals surface area contributed by atoms with Crippen LogP contribution in [0.4, 0.5) is 0 Å². The van der Waals surface area contributed by atoms with E-state index < -0.39 is 71.2 Å². The van der Waals surface area contributed by atoms with Gasteiger partial charge in [-0.25, -0.2) is 0 Å². The molecule has 0 aliphatic carbocycles. The van der Waals surface area contributed by atoms with E-state index in [-0.39, 0.29) is 19.4 Å². The van der Waals surface area contributed by atoms with E-state index in [4.69, 9.17) is 18.9 Å². The van der Waals surface area contributed by atoms with Crippen LogP contribution in [-0.2, 0) is 38.7 Å². The summed E-state index contributed by atoms with van der Waals surface area (Å²) in [5.74, 6) is -2.00. The molecule has 1 aliphatic heterocycles. The fraction of sp³-hybridized carbons (Fsp3) is 0.926. The Morgan fingerprint density at radius 3 is 1.28 bits per heavy atom. The van der Waals surface area contributed by atoms with Gasteiger partial charge in [-0.2, -0.15) is 8.42 Å². The van der Waals surface area contributed by atoms with Crippen molar-refractivity contribution in [3.05, 3.63) is 12.2 Å². The Hall–Kier alpha value is -1.61. The third-order valence-corrected chi connectivity index (χ3v) is 13.8. The molecule has 2 unspecified atom stereocenters. The Labute approximate surface area is 409 Å². The molecule has 0 aromatic carbocycles. The second-order valence-electron chi connectivity index (χ2n) is 19.6. The van der Waals surface area contributed by atoms with Crippen molar-refractivity contribution in [2.45, 2.75) is 301 Å². The normalized spacial score (nSPS) is 19.3. The highest BCUT2D eigenvalue weighted by molar-refractivity contribution is 7.85. The lowest BCUT2D eigenvalue weighted by Crippen LogP contribution is -2.60. The number of hydrogen-bond acceptors (Lipinski definition) is 11. The molecule has 0 amide bonds. The summed E-state index contributed by atoms with van der Waals surface area (Å²) in [6.07, 6.45) is 41.2. The zero-order valence-corrected chi connectivity index (χ0v) is 43.6. The average Bonchev–Trinajstić information content (AvgIpc) is 3.30. The smallest absolute Gasteiger partial charge is 0.306 e. The van der Waals surface area contributed by atoms with Gasteiger partial charge >= 0.3 is 11.9 Å². The minimum absolute atomic E-state index is 0.165. The van der Waals surface area contributed by atoms with Crippen molar-refractivity contribution in [2.24, 2.45) is 0 Å². The van der Waals surface area contributed by atoms with Crippen LogP contribution in [0.2, 0.25) is 0 Å². The standard InChI is InChI=1S/C54H102O12S/c1-3-5-7-9-11-13-15-17-19-21-22-23-24-25-26-27-29-30-32-34-36-38-40-42-49(55)63-44-47(45-64-54-53(59)52(58)51(57)48(66-54)46-67(60,61)62)65-50(56)43-41-39-37-35-33-31-28-20-18-16-14-12-10-8-6-4-2/h34,36,47-48,51-54,57-59H,3-33,35,37-46H2,1-2H3,(H,60,61,62)/b36-34+/t47-,48-,51-,52?,53?,54+/m1/s1. The summed E-state index contributed by atoms with van der Waals surface area (Å²) in [4.78, 5) is 25.5. The fourth-order valence-electron chi connectivity index (χ4n) is 8.80. The van der Waals surface area contributed by atoms with Crippen LogP contribution in [0.25, 0.3) is 0 Å². The van der Waals surface area contributed by atoms with Gasteiger partial charge in [-0.1, -0.05) is 231 Å². The van der Waals surface area contributed by atoms with Crippen LogP contribution in [0, 0.1) is 0 Å². The summed E-state index contributed by atoms with van der Waals surface area (Å²) in [5, 5.41) is 31.0. The van der Waals surface area contributed by atoms with Crippen LogP contribution >= 0.6 is 0 Å². The molecule has 1 aliphatic rings. The highest BCUT2D eigenvalue weighted by Crippen LogP contribution is 2.24. The number of unbranched alkanes of at least 4 members (excludes halogenated alkanes) is 34. The summed E-state index contributed by atoms with van der Waals surface area (Å²) in [5.41, 5.74) is 0. The summed E-state index contributed by atoms with van der Waals surface area (Å²) >= 11 is 0. The Morgan fingerprint density at radius 2 is 0.866 bits per heavy atom. The first-order chi connectivity index (χ1) is 32.5. The molecule has 13 heteroatoms. The molecule has 0 radical (unpaired) electrons. The Bertz CT molecular complexity index is 1280. The number of hydrogen-bond donors (Lipinski definition) is 4. The lowest BCUT2D eigenvalue weighted by atomic mass is 10.00. The lowest BCUT2D eigenvalue weighted by molar-refractivity contribution is -0.297. The Kier molecular flexibility index (Phi) is 42.0. The zero-order chi connectivity index (χ0) is 49.1. The minimum Gasteiger partial charge on any atom is -0.462 e. The molecule has 1 fully saturated rings. The van der Waals surface area contributed by atoms with E-state index in [9.17, 15) is 37.9 Å². The van der Waals surface area contributed by atoms with Crippen molar-refractivity contribution in [2.75, 3.05) is 19.0 Å². The van der Waals surface area contributed by atoms with Crippen molar-refractivity contribution in [3.63, 3.8) is 0 Å². The molecule has 0 spiro atoms. The van der Waals surface area contributed by atoms with Gasteiger partial charge < -0.3 is 34.3 Å². The second kappa shape index (κ2) is 44.3. The Balaban J connectivity index is 2.32. The lowest BCUT2D eigenvalue weighted by Gasteiger charge is -2.40. The predicted octanol–water partition coefficient (Wildman–Crippen LogP) is 13.0. The van der Waals surface area contributed by atoms with E-state index in [0.717, 1.165) is 32.1 Å². The first-order valence-corrected chi connectivity index (χ1v) is 29.4. The molecule has 0 aromatic rings. The van der Waals surface area contributed by atoms with Gasteiger partial charge in [0.1, 0.15) is 36.8 Å². The maximum absolute atomic E-state index is 12.9. The third kappa shape index (κ3) is 38.8. The maximum Gasteiger partial charge on any atom is 0.306 e. The van der Waals surface area contributed by atoms with E-state index >= 15 is 0 Å². The number of aliphatic hydroxyl groups is 3. The molecule has 1 saturated heterocycles. The highest BCUT2D eigenvalue weighted by Gasteiger charge is 2.46. The van der Waals surface area contributed by atoms with Crippen molar-refractivity contribution >= 4 is 22.1 Å². The monoisotopic (exact) mass is 975 g/mol. The summed E-state index contributed by atoms with van der Waals surface area (Å²) in [6.45, 7) is 3.79. The van der Waals surface area contributed by atoms with Gasteiger partial charge in [-0.3, -0.25) is 14.1 Å². The average molecular weight is 975 g/mol. The van der Waals surface area contributed by atoms with E-state index in [0.29, 0.717) is 12.8 Å². The van der Waals surface area contributed by atoms with E-state index in [2.05, 4.69) is 26.0 Å². The molecule has 0 saturated carbocycles. The van der Waals surface area contributed by atoms with Gasteiger partial charge in [0.05, 0.1) is 6.61 Å². The van der Waals surface area contributed by atoms with Gasteiger partial charge in [0.15, 0.2) is 12.4 Å². The number of ether oxygens (including phenoxy) is 4. The largest absolute Gasteiger partial charge is 0.462 e. The molecule has 1 rings (SSSR count). The fourth-order valence-corrected chi connectivity index (χ4v) is 9.49. The van der Waals surface area contributed by atoms with Crippen molar-refractivity contribution in [1.29, 1.82) is 0 Å². The molecular formula is C54H102O12S. The topological polar surface area (TPSA) is 186 Å². The molecule has 4 N–H and O–H groups in total. The SMILES string of the molecule is CCCCCCCCCCCCCCCCCCCC/C=C/CCCC(=O)OC[C@H](CO[C@H]1O[C@H](CS(=O)(=O)O)[C@@H](O)C(O)C1O)OC(=O)CCCCCCCCCCCCCCCCCC. The van der Waals surface area contributed by atoms with Crippen LogP contribution in [-0.4, -0.2) is 96.0 Å². The Morgan fingerprint density at radius 1 is 0.493 bits per heavy atom. The zero-order valence-electron chi connectivity index (χ0n) is 42.8. The van der Waals surface area contributed by atoms with Crippen LogP contribution < -0.4 is 0 Å². The second-order valence-corrected chi connectivity index (χ2v) is 21.1. The van der Waals surface area contributed by atoms with Gasteiger partial charge in [-0.15, -0.1) is 0 Å². The number of rotatable bonds is 48. The van der Waals surface area contributed by atoms with Crippen molar-refractivity contribution in [1.82, 2.24) is 0 Å². The van der Waals surface area contributed by atoms with Crippen LogP contribution in [0.1, 0.15) is 264 Å². The molecule has 0 bridgehead atoms. The van der Waals surface area contributed by atoms with Gasteiger partial charge in [-0.05, 0) is 32.1 Å². The van der Waals surface area contributed by atoms with Crippen molar-refractivity contribution < 1.29 is 56.8 Å². The first kappa shape index (κ1) is 63.4. The summed E-state index contributed by atoms with van der Waals surface area (Å²) < 4.78 is 54.3. The number of carbonyl (C=O) groups excluding carboxylic acids is 2. The minimum atomic E-state index is -4.60. The third-order valence-electron chi connectivity index (χ3n) is 13.1. The predicted molar refractivity (Wildman–Crippen MR) is 270 cm³/mol. The molecule has 67 heavy (non-hydrogen) atoms. The van der Waals surface area contributed by atoms with E-state index in [1.54, 1.807) is 0 Å². The number of allylic oxidation sites excluding steroid dienone is 2. The molecule has 396 valence electrons. The number of aliphatic hydroxyl groups excluding tert-OH is 3. The van der Waals surface area contributed by atoms with E-state index in [1.807, 2.05) is 0 Å². The number of carbonyl (C=O) groups is 2. The maximum atomic E-state index is 12.9. The van der Waals surface area contributed by atoms with Gasteiger partial charge in [0.25, 0.3) is 10.1 Å². The molecule has 12 nitrogen and oxygen atoms in total. The van der Waals surface area contributed by atoms with Crippen LogP contribution in [0.3, 0.4) is 0 Å². The summed E-state index contributed by atoms with van der Waals surface area (Å²) in [6, 6.07) is 0. The highest BCUT2D eigenvalue weighted by atomic mass is 32.2. The molecule has 6 atom stereocenters. The summed E-state index contributed by atoms with van der Waals surface area (Å²) in [7, 11) is -4.60. The van der Waals surface area contributed by atoms with Gasteiger partial charge in [0, 0.05) is 12.8 Å². The van der Waals surface area contributed by atoms with Crippen LogP contribution in [0.15, 0.2) is 12.2 Å². The number of esters is 2. The van der Waals surface area contributed by atoms with Crippen molar-refractivity contribution in [3.8, 4) is 0 Å². The molecule has 1 heterocycles. The van der Waals surface area contributed by atoms with Crippen LogP contribution in [0.5, 0.6) is 0 Å². The first-order valence-electron chi connectivity index (χ1n) is 27.7. The quantitative estimate of drug-likeness (QED) is 0.0196. The molecular weight excluding hydrogens is 873 g/mol.